The summed E-state index contributed by atoms with van der Waals surface area (Å²) in [6.07, 6.45) is 4.90. The zero-order chi connectivity index (χ0) is 13.1. The van der Waals surface area contributed by atoms with E-state index in [-0.39, 0.29) is 0 Å². The molecule has 2 N–H and O–H groups in total. The lowest BCUT2D eigenvalue weighted by atomic mass is 10.1. The van der Waals surface area contributed by atoms with Crippen molar-refractivity contribution in [3.05, 3.63) is 66.1 Å². The second-order valence-corrected chi connectivity index (χ2v) is 4.65. The minimum Gasteiger partial charge on any atom is -0.347 e. The first-order valence-corrected chi connectivity index (χ1v) is 6.55. The molecule has 19 heavy (non-hydrogen) atoms. The standard InChI is InChI=1S/C16H17N3/c17-9-7-14-4-3-11-19(14)12-13-8-10-18-16-6-2-1-5-15(13)16/h1-6,8,10-11H,7,9,12,17H2. The molecule has 0 aliphatic carbocycles. The van der Waals surface area contributed by atoms with Crippen LogP contribution in [-0.2, 0) is 13.0 Å². The van der Waals surface area contributed by atoms with E-state index in [1.165, 1.54) is 16.6 Å². The van der Waals surface area contributed by atoms with Crippen molar-refractivity contribution in [3.8, 4) is 0 Å². The lowest BCUT2D eigenvalue weighted by Gasteiger charge is -2.10. The average molecular weight is 251 g/mol. The second kappa shape index (κ2) is 5.24. The van der Waals surface area contributed by atoms with Gasteiger partial charge in [-0.05, 0) is 42.8 Å². The van der Waals surface area contributed by atoms with Gasteiger partial charge in [-0.1, -0.05) is 18.2 Å². The molecular formula is C16H17N3. The van der Waals surface area contributed by atoms with E-state index in [9.17, 15) is 0 Å². The Labute approximate surface area is 112 Å². The van der Waals surface area contributed by atoms with Crippen molar-refractivity contribution in [1.82, 2.24) is 9.55 Å². The lowest BCUT2D eigenvalue weighted by molar-refractivity contribution is 0.739. The predicted octanol–water partition coefficient (Wildman–Crippen LogP) is 2.59. The summed E-state index contributed by atoms with van der Waals surface area (Å²) in [7, 11) is 0. The summed E-state index contributed by atoms with van der Waals surface area (Å²) in [4.78, 5) is 4.40. The van der Waals surface area contributed by atoms with Gasteiger partial charge in [0.25, 0.3) is 0 Å². The minimum atomic E-state index is 0.682. The molecule has 0 fully saturated rings. The van der Waals surface area contributed by atoms with E-state index in [0.29, 0.717) is 6.54 Å². The van der Waals surface area contributed by atoms with Crippen LogP contribution in [0.4, 0.5) is 0 Å². The zero-order valence-corrected chi connectivity index (χ0v) is 10.8. The highest BCUT2D eigenvalue weighted by atomic mass is 15.0. The molecule has 96 valence electrons. The van der Waals surface area contributed by atoms with E-state index in [1.807, 2.05) is 12.3 Å². The second-order valence-electron chi connectivity index (χ2n) is 4.65. The van der Waals surface area contributed by atoms with Crippen molar-refractivity contribution in [1.29, 1.82) is 0 Å². The maximum Gasteiger partial charge on any atom is 0.0705 e. The highest BCUT2D eigenvalue weighted by molar-refractivity contribution is 5.81. The molecule has 0 saturated carbocycles. The normalized spacial score (nSPS) is 11.0. The van der Waals surface area contributed by atoms with E-state index < -0.39 is 0 Å². The summed E-state index contributed by atoms with van der Waals surface area (Å²) in [5.74, 6) is 0. The Bertz CT molecular complexity index is 680. The number of para-hydroxylation sites is 1. The van der Waals surface area contributed by atoms with Gasteiger partial charge in [0.05, 0.1) is 5.52 Å². The van der Waals surface area contributed by atoms with Crippen molar-refractivity contribution in [2.24, 2.45) is 5.73 Å². The Hall–Kier alpha value is -2.13. The number of hydrogen-bond acceptors (Lipinski definition) is 2. The molecule has 0 aliphatic rings. The molecule has 3 rings (SSSR count). The summed E-state index contributed by atoms with van der Waals surface area (Å²) in [5.41, 5.74) is 9.27. The van der Waals surface area contributed by atoms with Crippen LogP contribution in [0.2, 0.25) is 0 Å². The molecular weight excluding hydrogens is 234 g/mol. The Morgan fingerprint density at radius 3 is 2.84 bits per heavy atom. The van der Waals surface area contributed by atoms with Crippen LogP contribution in [0.25, 0.3) is 10.9 Å². The third-order valence-corrected chi connectivity index (χ3v) is 3.40. The first-order valence-electron chi connectivity index (χ1n) is 6.55. The molecule has 3 nitrogen and oxygen atoms in total. The number of fused-ring (bicyclic) bond motifs is 1. The summed E-state index contributed by atoms with van der Waals surface area (Å²) in [6.45, 7) is 1.55. The van der Waals surface area contributed by atoms with E-state index >= 15 is 0 Å². The number of nitrogens with zero attached hydrogens (tertiary/aromatic N) is 2. The molecule has 0 amide bonds. The van der Waals surface area contributed by atoms with Crippen molar-refractivity contribution in [2.75, 3.05) is 6.54 Å². The molecule has 0 bridgehead atoms. The van der Waals surface area contributed by atoms with Gasteiger partial charge in [0, 0.05) is 30.0 Å². The van der Waals surface area contributed by atoms with Crippen LogP contribution in [0.3, 0.4) is 0 Å². The number of hydrogen-bond donors (Lipinski definition) is 1. The van der Waals surface area contributed by atoms with Gasteiger partial charge in [-0.2, -0.15) is 0 Å². The summed E-state index contributed by atoms with van der Waals surface area (Å²) in [6, 6.07) is 14.6. The number of aromatic nitrogens is 2. The monoisotopic (exact) mass is 251 g/mol. The smallest absolute Gasteiger partial charge is 0.0705 e. The third kappa shape index (κ3) is 2.37. The number of rotatable bonds is 4. The number of nitrogens with two attached hydrogens (primary N) is 1. The molecule has 0 saturated heterocycles. The molecule has 0 aliphatic heterocycles. The highest BCUT2D eigenvalue weighted by Gasteiger charge is 2.04. The predicted molar refractivity (Wildman–Crippen MR) is 78.0 cm³/mol. The van der Waals surface area contributed by atoms with Crippen LogP contribution in [0.1, 0.15) is 11.3 Å². The van der Waals surface area contributed by atoms with Gasteiger partial charge in [0.15, 0.2) is 0 Å². The van der Waals surface area contributed by atoms with Crippen LogP contribution in [0.15, 0.2) is 54.9 Å². The van der Waals surface area contributed by atoms with Crippen LogP contribution in [-0.4, -0.2) is 16.1 Å². The first-order chi connectivity index (χ1) is 9.38. The molecule has 3 aromatic rings. The average Bonchev–Trinajstić information content (AvgIpc) is 2.87. The van der Waals surface area contributed by atoms with Crippen molar-refractivity contribution in [3.63, 3.8) is 0 Å². The molecule has 2 heterocycles. The van der Waals surface area contributed by atoms with E-state index in [0.717, 1.165) is 18.5 Å². The fraction of sp³-hybridized carbons (Fsp3) is 0.188. The Balaban J connectivity index is 1.99. The van der Waals surface area contributed by atoms with Gasteiger partial charge >= 0.3 is 0 Å². The van der Waals surface area contributed by atoms with E-state index in [2.05, 4.69) is 52.1 Å². The maximum atomic E-state index is 5.65. The fourth-order valence-corrected chi connectivity index (χ4v) is 2.46. The van der Waals surface area contributed by atoms with Crippen LogP contribution in [0, 0.1) is 0 Å². The first kappa shape index (κ1) is 11.9. The van der Waals surface area contributed by atoms with Crippen LogP contribution >= 0.6 is 0 Å². The topological polar surface area (TPSA) is 43.8 Å². The van der Waals surface area contributed by atoms with Gasteiger partial charge in [-0.15, -0.1) is 0 Å². The summed E-state index contributed by atoms with van der Waals surface area (Å²) in [5, 5.41) is 1.22. The molecule has 2 aromatic heterocycles. The Morgan fingerprint density at radius 1 is 1.05 bits per heavy atom. The zero-order valence-electron chi connectivity index (χ0n) is 10.8. The Kier molecular flexibility index (Phi) is 3.29. The molecule has 0 unspecified atom stereocenters. The molecule has 0 spiro atoms. The SMILES string of the molecule is NCCc1cccn1Cc1ccnc2ccccc12. The number of pyridine rings is 1. The van der Waals surface area contributed by atoms with Crippen LogP contribution < -0.4 is 5.73 Å². The van der Waals surface area contributed by atoms with Gasteiger partial charge < -0.3 is 10.3 Å². The van der Waals surface area contributed by atoms with Gasteiger partial charge in [0.2, 0.25) is 0 Å². The molecule has 0 radical (unpaired) electrons. The highest BCUT2D eigenvalue weighted by Crippen LogP contribution is 2.18. The largest absolute Gasteiger partial charge is 0.347 e. The third-order valence-electron chi connectivity index (χ3n) is 3.40. The van der Waals surface area contributed by atoms with Crippen molar-refractivity contribution in [2.45, 2.75) is 13.0 Å². The molecule has 0 atom stereocenters. The van der Waals surface area contributed by atoms with Crippen molar-refractivity contribution < 1.29 is 0 Å². The van der Waals surface area contributed by atoms with E-state index in [1.54, 1.807) is 0 Å². The van der Waals surface area contributed by atoms with Crippen molar-refractivity contribution >= 4 is 10.9 Å². The molecule has 3 heteroatoms. The van der Waals surface area contributed by atoms with Gasteiger partial charge in [-0.25, -0.2) is 0 Å². The fourth-order valence-electron chi connectivity index (χ4n) is 2.46. The van der Waals surface area contributed by atoms with Gasteiger partial charge in [0.1, 0.15) is 0 Å². The van der Waals surface area contributed by atoms with Crippen LogP contribution in [0.5, 0.6) is 0 Å². The molecule has 1 aromatic carbocycles. The summed E-state index contributed by atoms with van der Waals surface area (Å²) < 4.78 is 2.26. The quantitative estimate of drug-likeness (QED) is 0.774. The Morgan fingerprint density at radius 2 is 1.95 bits per heavy atom. The minimum absolute atomic E-state index is 0.682. The summed E-state index contributed by atoms with van der Waals surface area (Å²) >= 11 is 0. The van der Waals surface area contributed by atoms with Gasteiger partial charge in [-0.3, -0.25) is 4.98 Å². The maximum absolute atomic E-state index is 5.65. The number of benzene rings is 1. The van der Waals surface area contributed by atoms with E-state index in [4.69, 9.17) is 5.73 Å². The lowest BCUT2D eigenvalue weighted by Crippen LogP contribution is -2.09.